The lowest BCUT2D eigenvalue weighted by Gasteiger charge is -2.11. The quantitative estimate of drug-likeness (QED) is 0.0944. The molecule has 4 nitrogen and oxygen atoms in total. The Morgan fingerprint density at radius 1 is 0.364 bits per heavy atom. The van der Waals surface area contributed by atoms with Gasteiger partial charge in [-0.1, -0.05) is 102 Å². The summed E-state index contributed by atoms with van der Waals surface area (Å²) in [6, 6.07) is 33.6. The van der Waals surface area contributed by atoms with Crippen molar-refractivity contribution in [1.82, 2.24) is 0 Å². The third-order valence-electron chi connectivity index (χ3n) is 7.92. The molecule has 0 aliphatic rings. The van der Waals surface area contributed by atoms with Gasteiger partial charge in [0, 0.05) is 22.7 Å². The topological polar surface area (TPSA) is 42.5 Å². The Morgan fingerprint density at radius 2 is 0.659 bits per heavy atom. The molecule has 0 atom stereocenters. The van der Waals surface area contributed by atoms with Crippen molar-refractivity contribution >= 4 is 22.7 Å². The SMILES string of the molecule is CCCCCCCCOc1ccc(Nc2ccc(-c3ccc(Nc4ccc(OCCCCCCCC)cc4)cc3)cc2)cc1. The second-order valence-electron chi connectivity index (χ2n) is 11.7. The van der Waals surface area contributed by atoms with Gasteiger partial charge in [0.1, 0.15) is 11.5 Å². The molecular formula is C40H52N2O2. The number of anilines is 4. The number of unbranched alkanes of at least 4 members (excludes halogenated alkanes) is 10. The molecule has 4 rings (SSSR count). The molecule has 0 unspecified atom stereocenters. The number of hydrogen-bond acceptors (Lipinski definition) is 4. The highest BCUT2D eigenvalue weighted by Gasteiger charge is 2.03. The Hall–Kier alpha value is -3.92. The number of benzene rings is 4. The monoisotopic (exact) mass is 592 g/mol. The van der Waals surface area contributed by atoms with Crippen molar-refractivity contribution < 1.29 is 9.47 Å². The van der Waals surface area contributed by atoms with Gasteiger partial charge in [0.05, 0.1) is 13.2 Å². The van der Waals surface area contributed by atoms with E-state index in [0.29, 0.717) is 0 Å². The van der Waals surface area contributed by atoms with E-state index in [4.69, 9.17) is 9.47 Å². The lowest BCUT2D eigenvalue weighted by Crippen LogP contribution is -1.97. The first-order chi connectivity index (χ1) is 21.7. The van der Waals surface area contributed by atoms with Crippen molar-refractivity contribution in [2.75, 3.05) is 23.8 Å². The van der Waals surface area contributed by atoms with Gasteiger partial charge in [0.2, 0.25) is 0 Å². The van der Waals surface area contributed by atoms with Crippen LogP contribution in [-0.2, 0) is 0 Å². The molecule has 4 aromatic rings. The molecule has 0 aliphatic heterocycles. The smallest absolute Gasteiger partial charge is 0.119 e. The van der Waals surface area contributed by atoms with Crippen LogP contribution in [0.1, 0.15) is 90.9 Å². The number of rotatable bonds is 21. The molecule has 0 amide bonds. The molecule has 0 aliphatic carbocycles. The molecule has 0 saturated heterocycles. The predicted molar refractivity (Wildman–Crippen MR) is 189 cm³/mol. The molecular weight excluding hydrogens is 540 g/mol. The van der Waals surface area contributed by atoms with E-state index >= 15 is 0 Å². The third-order valence-corrected chi connectivity index (χ3v) is 7.92. The van der Waals surface area contributed by atoms with Crippen LogP contribution in [0.25, 0.3) is 11.1 Å². The first-order valence-electron chi connectivity index (χ1n) is 16.9. The fourth-order valence-corrected chi connectivity index (χ4v) is 5.24. The van der Waals surface area contributed by atoms with E-state index < -0.39 is 0 Å². The van der Waals surface area contributed by atoms with Crippen molar-refractivity contribution in [3.05, 3.63) is 97.1 Å². The first-order valence-corrected chi connectivity index (χ1v) is 16.9. The van der Waals surface area contributed by atoms with Crippen molar-refractivity contribution in [3.63, 3.8) is 0 Å². The maximum absolute atomic E-state index is 5.92. The maximum atomic E-state index is 5.92. The molecule has 0 heterocycles. The minimum absolute atomic E-state index is 0.791. The molecule has 0 saturated carbocycles. The Morgan fingerprint density at radius 3 is 1.00 bits per heavy atom. The van der Waals surface area contributed by atoms with Gasteiger partial charge in [-0.25, -0.2) is 0 Å². The van der Waals surface area contributed by atoms with Crippen LogP contribution in [0.3, 0.4) is 0 Å². The van der Waals surface area contributed by atoms with E-state index in [-0.39, 0.29) is 0 Å². The van der Waals surface area contributed by atoms with E-state index in [1.807, 2.05) is 24.3 Å². The molecule has 234 valence electrons. The number of nitrogens with one attached hydrogen (secondary N) is 2. The summed E-state index contributed by atoms with van der Waals surface area (Å²) in [5.41, 5.74) is 6.61. The van der Waals surface area contributed by atoms with Gasteiger partial charge >= 0.3 is 0 Å². The summed E-state index contributed by atoms with van der Waals surface area (Å²) >= 11 is 0. The molecule has 0 radical (unpaired) electrons. The molecule has 4 aromatic carbocycles. The second kappa shape index (κ2) is 19.4. The standard InChI is InChI=1S/C40H52N2O2/c1-3-5-7-9-11-13-31-43-39-27-23-37(24-28-39)41-35-19-15-33(16-20-35)34-17-21-36(22-18-34)42-38-25-29-40(30-26-38)44-32-14-12-10-8-6-4-2/h15-30,41-42H,3-14,31-32H2,1-2H3. The fraction of sp³-hybridized carbons (Fsp3) is 0.400. The Kier molecular flexibility index (Phi) is 14.5. The minimum Gasteiger partial charge on any atom is -0.494 e. The zero-order valence-corrected chi connectivity index (χ0v) is 27.0. The second-order valence-corrected chi connectivity index (χ2v) is 11.7. The van der Waals surface area contributed by atoms with E-state index in [9.17, 15) is 0 Å². The van der Waals surface area contributed by atoms with Gasteiger partial charge in [-0.3, -0.25) is 0 Å². The van der Waals surface area contributed by atoms with Crippen molar-refractivity contribution in [2.24, 2.45) is 0 Å². The van der Waals surface area contributed by atoms with E-state index in [0.717, 1.165) is 60.3 Å². The summed E-state index contributed by atoms with van der Waals surface area (Å²) in [4.78, 5) is 0. The van der Waals surface area contributed by atoms with Crippen LogP contribution in [0.5, 0.6) is 11.5 Å². The minimum atomic E-state index is 0.791. The van der Waals surface area contributed by atoms with Crippen LogP contribution in [0.4, 0.5) is 22.7 Å². The van der Waals surface area contributed by atoms with Gasteiger partial charge < -0.3 is 20.1 Å². The van der Waals surface area contributed by atoms with Crippen LogP contribution >= 0.6 is 0 Å². The number of ether oxygens (including phenoxy) is 2. The Bertz CT molecular complexity index is 1190. The van der Waals surface area contributed by atoms with Crippen LogP contribution in [0, 0.1) is 0 Å². The molecule has 44 heavy (non-hydrogen) atoms. The highest BCUT2D eigenvalue weighted by molar-refractivity contribution is 5.71. The van der Waals surface area contributed by atoms with Crippen LogP contribution in [0.15, 0.2) is 97.1 Å². The van der Waals surface area contributed by atoms with Crippen LogP contribution < -0.4 is 20.1 Å². The molecule has 0 bridgehead atoms. The average molecular weight is 593 g/mol. The summed E-state index contributed by atoms with van der Waals surface area (Å²) in [6.07, 6.45) is 15.3. The summed E-state index contributed by atoms with van der Waals surface area (Å²) in [7, 11) is 0. The van der Waals surface area contributed by atoms with Crippen molar-refractivity contribution in [3.8, 4) is 22.6 Å². The molecule has 0 spiro atoms. The van der Waals surface area contributed by atoms with E-state index in [1.165, 1.54) is 75.3 Å². The van der Waals surface area contributed by atoms with Crippen molar-refractivity contribution in [1.29, 1.82) is 0 Å². The van der Waals surface area contributed by atoms with Crippen LogP contribution in [0.2, 0.25) is 0 Å². The van der Waals surface area contributed by atoms with Gasteiger partial charge in [0.25, 0.3) is 0 Å². The molecule has 0 fully saturated rings. The third kappa shape index (κ3) is 12.0. The lowest BCUT2D eigenvalue weighted by atomic mass is 10.0. The summed E-state index contributed by atoms with van der Waals surface area (Å²) < 4.78 is 11.8. The molecule has 0 aromatic heterocycles. The van der Waals surface area contributed by atoms with Gasteiger partial charge in [0.15, 0.2) is 0 Å². The first kappa shape index (κ1) is 33.0. The highest BCUT2D eigenvalue weighted by Crippen LogP contribution is 2.27. The summed E-state index contributed by atoms with van der Waals surface area (Å²) in [5, 5.41) is 6.99. The zero-order valence-electron chi connectivity index (χ0n) is 27.0. The van der Waals surface area contributed by atoms with Crippen molar-refractivity contribution in [2.45, 2.75) is 90.9 Å². The lowest BCUT2D eigenvalue weighted by molar-refractivity contribution is 0.304. The molecule has 4 heteroatoms. The van der Waals surface area contributed by atoms with Gasteiger partial charge in [-0.2, -0.15) is 0 Å². The summed E-state index contributed by atoms with van der Waals surface area (Å²) in [5.74, 6) is 1.87. The zero-order chi connectivity index (χ0) is 30.7. The Labute approximate surface area is 266 Å². The largest absolute Gasteiger partial charge is 0.494 e. The van der Waals surface area contributed by atoms with E-state index in [2.05, 4.69) is 97.3 Å². The molecule has 2 N–H and O–H groups in total. The van der Waals surface area contributed by atoms with Crippen LogP contribution in [-0.4, -0.2) is 13.2 Å². The number of hydrogen-bond donors (Lipinski definition) is 2. The maximum Gasteiger partial charge on any atom is 0.119 e. The average Bonchev–Trinajstić information content (AvgIpc) is 3.06. The normalized spacial score (nSPS) is 10.9. The summed E-state index contributed by atoms with van der Waals surface area (Å²) in [6.45, 7) is 6.09. The fourth-order valence-electron chi connectivity index (χ4n) is 5.24. The Balaban J connectivity index is 1.17. The van der Waals surface area contributed by atoms with Gasteiger partial charge in [-0.15, -0.1) is 0 Å². The predicted octanol–water partition coefficient (Wildman–Crippen LogP) is 12.3. The van der Waals surface area contributed by atoms with Gasteiger partial charge in [-0.05, 0) is 96.8 Å². The highest BCUT2D eigenvalue weighted by atomic mass is 16.5. The van der Waals surface area contributed by atoms with E-state index in [1.54, 1.807) is 0 Å².